The molecule has 0 spiro atoms. The summed E-state index contributed by atoms with van der Waals surface area (Å²) in [6.07, 6.45) is -2.07. The van der Waals surface area contributed by atoms with Crippen molar-refractivity contribution in [2.45, 2.75) is 12.3 Å². The molecule has 0 aromatic rings. The number of ether oxygens (including phenoxy) is 1. The van der Waals surface area contributed by atoms with Crippen LogP contribution in [0.1, 0.15) is 0 Å². The van der Waals surface area contributed by atoms with Gasteiger partial charge >= 0.3 is 0 Å². The summed E-state index contributed by atoms with van der Waals surface area (Å²) < 4.78 is 33.1. The highest BCUT2D eigenvalue weighted by atomic mass is 19.1. The van der Waals surface area contributed by atoms with Crippen LogP contribution in [0.3, 0.4) is 0 Å². The maximum atomic E-state index is 13.9. The number of hydrogen-bond donors (Lipinski definition) is 0. The number of hydrogen-bond acceptors (Lipinski definition) is 5. The molecule has 0 radical (unpaired) electrons. The Morgan fingerprint density at radius 2 is 1.04 bits per heavy atom. The van der Waals surface area contributed by atoms with Crippen LogP contribution in [-0.2, 0) is 4.74 Å². The molecular formula is C16H32F2N4O. The highest BCUT2D eigenvalue weighted by Crippen LogP contribution is 2.06. The van der Waals surface area contributed by atoms with Gasteiger partial charge in [-0.2, -0.15) is 0 Å². The lowest BCUT2D eigenvalue weighted by Crippen LogP contribution is -2.47. The van der Waals surface area contributed by atoms with Gasteiger partial charge in [0.05, 0.1) is 13.2 Å². The molecule has 2 aliphatic rings. The first-order chi connectivity index (χ1) is 11.0. The normalized spacial score (nSPS) is 25.6. The van der Waals surface area contributed by atoms with Crippen LogP contribution in [0.4, 0.5) is 8.78 Å². The van der Waals surface area contributed by atoms with E-state index in [0.29, 0.717) is 13.1 Å². The quantitative estimate of drug-likeness (QED) is 0.630. The number of halogens is 2. The van der Waals surface area contributed by atoms with Crippen LogP contribution in [0.2, 0.25) is 0 Å². The highest BCUT2D eigenvalue weighted by molar-refractivity contribution is 4.74. The summed E-state index contributed by atoms with van der Waals surface area (Å²) >= 11 is 0. The van der Waals surface area contributed by atoms with Crippen molar-refractivity contribution in [2.24, 2.45) is 0 Å². The largest absolute Gasteiger partial charge is 0.375 e. The van der Waals surface area contributed by atoms with E-state index in [1.54, 1.807) is 0 Å². The lowest BCUT2D eigenvalue weighted by Gasteiger charge is -2.33. The summed E-state index contributed by atoms with van der Waals surface area (Å²) in [5.41, 5.74) is 0. The number of piperazine rings is 2. The number of rotatable bonds is 8. The summed E-state index contributed by atoms with van der Waals surface area (Å²) in [5.74, 6) is 0. The molecule has 0 aromatic carbocycles. The zero-order valence-electron chi connectivity index (χ0n) is 14.6. The van der Waals surface area contributed by atoms with Crippen molar-refractivity contribution in [3.63, 3.8) is 0 Å². The Morgan fingerprint density at radius 3 is 1.39 bits per heavy atom. The van der Waals surface area contributed by atoms with E-state index in [-0.39, 0.29) is 13.2 Å². The van der Waals surface area contributed by atoms with E-state index in [1.807, 2.05) is 0 Å². The van der Waals surface area contributed by atoms with Gasteiger partial charge in [0, 0.05) is 65.4 Å². The molecule has 0 aliphatic carbocycles. The molecule has 2 saturated heterocycles. The SMILES string of the molecule is CN1CCN(C[C@H](F)COC[C@@H](F)CN2CCN(C)CC2)CC1. The van der Waals surface area contributed by atoms with Crippen molar-refractivity contribution in [3.8, 4) is 0 Å². The average molecular weight is 334 g/mol. The van der Waals surface area contributed by atoms with E-state index < -0.39 is 12.3 Å². The zero-order chi connectivity index (χ0) is 16.7. The molecule has 0 N–H and O–H groups in total. The van der Waals surface area contributed by atoms with E-state index in [0.717, 1.165) is 52.4 Å². The molecule has 2 rings (SSSR count). The monoisotopic (exact) mass is 334 g/mol. The van der Waals surface area contributed by atoms with E-state index in [4.69, 9.17) is 4.74 Å². The van der Waals surface area contributed by atoms with Crippen LogP contribution in [0.15, 0.2) is 0 Å². The van der Waals surface area contributed by atoms with Crippen molar-refractivity contribution in [2.75, 3.05) is 92.8 Å². The van der Waals surface area contributed by atoms with Gasteiger partial charge in [0.1, 0.15) is 12.3 Å². The van der Waals surface area contributed by atoms with Crippen LogP contribution in [-0.4, -0.2) is 125 Å². The standard InChI is InChI=1S/C16H32F2N4O/c1-19-3-7-21(8-4-19)11-15(17)13-23-14-16(18)12-22-9-5-20(2)6-10-22/h15-16H,3-14H2,1-2H3/t15-,16-/m0/s1. The van der Waals surface area contributed by atoms with Gasteiger partial charge in [-0.15, -0.1) is 0 Å². The third kappa shape index (κ3) is 7.39. The van der Waals surface area contributed by atoms with Crippen LogP contribution < -0.4 is 0 Å². The first-order valence-electron chi connectivity index (χ1n) is 8.70. The molecule has 2 aliphatic heterocycles. The zero-order valence-corrected chi connectivity index (χ0v) is 14.6. The fraction of sp³-hybridized carbons (Fsp3) is 1.00. The summed E-state index contributed by atoms with van der Waals surface area (Å²) in [5, 5.41) is 0. The van der Waals surface area contributed by atoms with Crippen LogP contribution in [0, 0.1) is 0 Å². The van der Waals surface area contributed by atoms with Gasteiger partial charge < -0.3 is 14.5 Å². The van der Waals surface area contributed by atoms with Gasteiger partial charge in [-0.25, -0.2) is 8.78 Å². The highest BCUT2D eigenvalue weighted by Gasteiger charge is 2.20. The molecule has 23 heavy (non-hydrogen) atoms. The summed E-state index contributed by atoms with van der Waals surface area (Å²) in [7, 11) is 4.16. The van der Waals surface area contributed by atoms with Gasteiger partial charge in [0.25, 0.3) is 0 Å². The Hall–Kier alpha value is -0.340. The minimum absolute atomic E-state index is 0.00447. The molecule has 136 valence electrons. The lowest BCUT2D eigenvalue weighted by atomic mass is 10.3. The fourth-order valence-electron chi connectivity index (χ4n) is 3.05. The van der Waals surface area contributed by atoms with Crippen LogP contribution in [0.5, 0.6) is 0 Å². The molecule has 5 nitrogen and oxygen atoms in total. The lowest BCUT2D eigenvalue weighted by molar-refractivity contribution is 0.0154. The van der Waals surface area contributed by atoms with Gasteiger partial charge in [-0.3, -0.25) is 9.80 Å². The topological polar surface area (TPSA) is 22.2 Å². The molecule has 0 bridgehead atoms. The average Bonchev–Trinajstić information content (AvgIpc) is 2.52. The predicted molar refractivity (Wildman–Crippen MR) is 88.5 cm³/mol. The van der Waals surface area contributed by atoms with Crippen molar-refractivity contribution < 1.29 is 13.5 Å². The molecular weight excluding hydrogens is 302 g/mol. The summed E-state index contributed by atoms with van der Waals surface area (Å²) in [6.45, 7) is 8.26. The Morgan fingerprint density at radius 1 is 0.696 bits per heavy atom. The van der Waals surface area contributed by atoms with Crippen LogP contribution in [0.25, 0.3) is 0 Å². The minimum atomic E-state index is -1.03. The molecule has 0 unspecified atom stereocenters. The number of nitrogens with zero attached hydrogens (tertiary/aromatic N) is 4. The van der Waals surface area contributed by atoms with Gasteiger partial charge in [0.2, 0.25) is 0 Å². The van der Waals surface area contributed by atoms with E-state index in [1.165, 1.54) is 0 Å². The van der Waals surface area contributed by atoms with Gasteiger partial charge in [0.15, 0.2) is 0 Å². The van der Waals surface area contributed by atoms with Crippen LogP contribution >= 0.6 is 0 Å². The van der Waals surface area contributed by atoms with Gasteiger partial charge in [-0.05, 0) is 14.1 Å². The molecule has 2 heterocycles. The summed E-state index contributed by atoms with van der Waals surface area (Å²) in [6, 6.07) is 0. The number of likely N-dealkylation sites (N-methyl/N-ethyl adjacent to an activating group) is 2. The maximum Gasteiger partial charge on any atom is 0.136 e. The Labute approximate surface area is 139 Å². The second-order valence-electron chi connectivity index (χ2n) is 6.94. The Kier molecular flexibility index (Phi) is 8.12. The first kappa shape index (κ1) is 19.0. The van der Waals surface area contributed by atoms with E-state index in [9.17, 15) is 8.78 Å². The Bertz CT molecular complexity index is 291. The summed E-state index contributed by atoms with van der Waals surface area (Å²) in [4.78, 5) is 8.72. The van der Waals surface area contributed by atoms with Crippen molar-refractivity contribution >= 4 is 0 Å². The second kappa shape index (κ2) is 9.84. The smallest absolute Gasteiger partial charge is 0.136 e. The first-order valence-corrected chi connectivity index (χ1v) is 8.70. The molecule has 0 amide bonds. The molecule has 0 saturated carbocycles. The van der Waals surface area contributed by atoms with Crippen molar-refractivity contribution in [1.82, 2.24) is 19.6 Å². The maximum absolute atomic E-state index is 13.9. The third-order valence-corrected chi connectivity index (χ3v) is 4.70. The van der Waals surface area contributed by atoms with Crippen molar-refractivity contribution in [3.05, 3.63) is 0 Å². The predicted octanol–water partition coefficient (Wildman–Crippen LogP) is 0.174. The molecule has 2 atom stereocenters. The molecule has 0 aromatic heterocycles. The Balaban J connectivity index is 1.51. The van der Waals surface area contributed by atoms with Crippen molar-refractivity contribution in [1.29, 1.82) is 0 Å². The number of alkyl halides is 2. The molecule has 7 heteroatoms. The minimum Gasteiger partial charge on any atom is -0.375 e. The second-order valence-corrected chi connectivity index (χ2v) is 6.94. The van der Waals surface area contributed by atoms with E-state index in [2.05, 4.69) is 33.7 Å². The molecule has 2 fully saturated rings. The van der Waals surface area contributed by atoms with E-state index >= 15 is 0 Å². The van der Waals surface area contributed by atoms with Gasteiger partial charge in [-0.1, -0.05) is 0 Å². The fourth-order valence-corrected chi connectivity index (χ4v) is 3.05. The third-order valence-electron chi connectivity index (χ3n) is 4.70.